The highest BCUT2D eigenvalue weighted by atomic mass is 19.3. The molecule has 5 rings (SSSR count). The second kappa shape index (κ2) is 9.72. The van der Waals surface area contributed by atoms with Gasteiger partial charge in [-0.2, -0.15) is 4.39 Å². The topological polar surface area (TPSA) is 159 Å². The molecule has 1 aliphatic rings. The average Bonchev–Trinajstić information content (AvgIpc) is 3.45. The van der Waals surface area contributed by atoms with Gasteiger partial charge >= 0.3 is 0 Å². The predicted molar refractivity (Wildman–Crippen MR) is 132 cm³/mol. The maximum atomic E-state index is 14.5. The summed E-state index contributed by atoms with van der Waals surface area (Å²) in [5.74, 6) is 0.285. The van der Waals surface area contributed by atoms with Gasteiger partial charge in [-0.1, -0.05) is 0 Å². The number of aromatic nitrogens is 7. The van der Waals surface area contributed by atoms with Gasteiger partial charge in [-0.15, -0.1) is 0 Å². The van der Waals surface area contributed by atoms with Crippen molar-refractivity contribution < 1.29 is 23.0 Å². The van der Waals surface area contributed by atoms with Crippen LogP contribution in [0, 0.1) is 5.95 Å². The number of nitrogens with zero attached hydrogens (tertiary/aromatic N) is 8. The number of fused-ring (bicyclic) bond motifs is 1. The molecule has 0 spiro atoms. The summed E-state index contributed by atoms with van der Waals surface area (Å²) >= 11 is 0. The van der Waals surface area contributed by atoms with Crippen LogP contribution < -0.4 is 21.1 Å². The molecule has 5 heterocycles. The maximum absolute atomic E-state index is 14.5. The van der Waals surface area contributed by atoms with E-state index in [4.69, 9.17) is 21.2 Å². The first-order valence-electron chi connectivity index (χ1n) is 11.8. The zero-order chi connectivity index (χ0) is 27.2. The van der Waals surface area contributed by atoms with Gasteiger partial charge < -0.3 is 35.3 Å². The summed E-state index contributed by atoms with van der Waals surface area (Å²) < 4.78 is 49.8. The molecule has 12 nitrogen and oxygen atoms in total. The Bertz CT molecular complexity index is 1480. The number of anilines is 2. The summed E-state index contributed by atoms with van der Waals surface area (Å²) in [6.07, 6.45) is -1.44. The van der Waals surface area contributed by atoms with E-state index in [2.05, 4.69) is 19.9 Å². The lowest BCUT2D eigenvalue weighted by Crippen LogP contribution is -2.63. The Labute approximate surface area is 215 Å². The van der Waals surface area contributed by atoms with Crippen molar-refractivity contribution in [1.82, 2.24) is 34.1 Å². The Kier molecular flexibility index (Phi) is 6.56. The Morgan fingerprint density at radius 3 is 2.71 bits per heavy atom. The van der Waals surface area contributed by atoms with E-state index in [-0.39, 0.29) is 36.8 Å². The fraction of sp³-hybridized carbons (Fsp3) is 0.435. The van der Waals surface area contributed by atoms with Gasteiger partial charge in [0.2, 0.25) is 0 Å². The van der Waals surface area contributed by atoms with Crippen LogP contribution in [-0.4, -0.2) is 77.4 Å². The molecule has 2 atom stereocenters. The van der Waals surface area contributed by atoms with E-state index in [1.54, 1.807) is 28.6 Å². The highest BCUT2D eigenvalue weighted by molar-refractivity contribution is 5.81. The first-order chi connectivity index (χ1) is 18.1. The normalized spacial score (nSPS) is 18.9. The molecule has 0 saturated carbocycles. The van der Waals surface area contributed by atoms with E-state index in [1.807, 2.05) is 4.90 Å². The number of piperidine rings is 1. The second-order valence-electron chi connectivity index (χ2n) is 9.30. The van der Waals surface area contributed by atoms with Crippen molar-refractivity contribution in [2.45, 2.75) is 37.5 Å². The molecule has 4 aromatic heterocycles. The number of hydrogen-bond acceptors (Lipinski definition) is 10. The number of imidazole rings is 2. The zero-order valence-electron chi connectivity index (χ0n) is 20.7. The number of halogens is 3. The highest BCUT2D eigenvalue weighted by Crippen LogP contribution is 2.34. The molecular weight excluding hydrogens is 505 g/mol. The molecule has 38 heavy (non-hydrogen) atoms. The number of aliphatic hydroxyl groups excluding tert-OH is 1. The SMILES string of the molecule is COc1ccc(-c2nc(Cn3cnc4c(N)ncnc43)c(N3CCCC(N)(C(O)C(F)F)C3)n2C)nc1F. The first-order valence-corrected chi connectivity index (χ1v) is 11.8. The van der Waals surface area contributed by atoms with Gasteiger partial charge in [-0.05, 0) is 25.0 Å². The van der Waals surface area contributed by atoms with Crippen molar-refractivity contribution in [3.8, 4) is 17.3 Å². The van der Waals surface area contributed by atoms with E-state index < -0.39 is 24.0 Å². The van der Waals surface area contributed by atoms with Crippen LogP contribution in [0.25, 0.3) is 22.7 Å². The number of rotatable bonds is 7. The van der Waals surface area contributed by atoms with Crippen LogP contribution >= 0.6 is 0 Å². The van der Waals surface area contributed by atoms with E-state index in [0.29, 0.717) is 41.5 Å². The van der Waals surface area contributed by atoms with E-state index in [1.165, 1.54) is 19.5 Å². The van der Waals surface area contributed by atoms with Crippen molar-refractivity contribution in [1.29, 1.82) is 0 Å². The fourth-order valence-corrected chi connectivity index (χ4v) is 4.94. The number of alkyl halides is 2. The van der Waals surface area contributed by atoms with Crippen molar-refractivity contribution in [3.63, 3.8) is 0 Å². The number of nitrogen functional groups attached to an aromatic ring is 1. The Balaban J connectivity index is 1.61. The van der Waals surface area contributed by atoms with Gasteiger partial charge in [0.25, 0.3) is 12.4 Å². The molecule has 15 heteroatoms. The molecular formula is C23H27F3N10O2. The van der Waals surface area contributed by atoms with Gasteiger partial charge in [0, 0.05) is 20.1 Å². The molecule has 0 amide bonds. The third-order valence-corrected chi connectivity index (χ3v) is 6.83. The monoisotopic (exact) mass is 532 g/mol. The molecule has 1 saturated heterocycles. The van der Waals surface area contributed by atoms with Gasteiger partial charge in [0.05, 0.1) is 25.5 Å². The lowest BCUT2D eigenvalue weighted by molar-refractivity contribution is -0.0530. The second-order valence-corrected chi connectivity index (χ2v) is 9.30. The van der Waals surface area contributed by atoms with Gasteiger partial charge in [0.1, 0.15) is 35.2 Å². The van der Waals surface area contributed by atoms with Crippen LogP contribution in [-0.2, 0) is 13.6 Å². The van der Waals surface area contributed by atoms with E-state index >= 15 is 0 Å². The summed E-state index contributed by atoms with van der Waals surface area (Å²) in [5.41, 5.74) is 12.3. The molecule has 1 aliphatic heterocycles. The molecule has 0 aromatic carbocycles. The van der Waals surface area contributed by atoms with Crippen molar-refractivity contribution in [2.75, 3.05) is 30.8 Å². The summed E-state index contributed by atoms with van der Waals surface area (Å²) in [4.78, 5) is 23.1. The number of hydrogen-bond donors (Lipinski definition) is 3. The minimum Gasteiger partial charge on any atom is -0.492 e. The fourth-order valence-electron chi connectivity index (χ4n) is 4.94. The molecule has 2 unspecified atom stereocenters. The number of nitrogens with two attached hydrogens (primary N) is 2. The van der Waals surface area contributed by atoms with Crippen LogP contribution in [0.2, 0.25) is 0 Å². The Hall–Kier alpha value is -3.98. The summed E-state index contributed by atoms with van der Waals surface area (Å²) in [5, 5.41) is 10.2. The summed E-state index contributed by atoms with van der Waals surface area (Å²) in [6.45, 7) is 0.597. The summed E-state index contributed by atoms with van der Waals surface area (Å²) in [7, 11) is 3.05. The van der Waals surface area contributed by atoms with Gasteiger partial charge in [-0.3, -0.25) is 0 Å². The minimum atomic E-state index is -2.99. The van der Waals surface area contributed by atoms with E-state index in [0.717, 1.165) is 0 Å². The van der Waals surface area contributed by atoms with Gasteiger partial charge in [0.15, 0.2) is 23.0 Å². The molecule has 0 radical (unpaired) electrons. The third kappa shape index (κ3) is 4.36. The van der Waals surface area contributed by atoms with Crippen LogP contribution in [0.3, 0.4) is 0 Å². The van der Waals surface area contributed by atoms with Crippen molar-refractivity contribution in [2.24, 2.45) is 12.8 Å². The standard InChI is InChI=1S/C23H27F3N10O2/c1-34-20(12-4-5-14(38-2)18(26)32-12)33-13(8-36-11-31-15-19(27)29-10-30-21(15)36)22(34)35-7-3-6-23(28,9-35)16(37)17(24)25/h4-5,10-11,16-17,37H,3,6-9,28H2,1-2H3,(H2,27,29,30). The quantitative estimate of drug-likeness (QED) is 0.296. The van der Waals surface area contributed by atoms with Crippen LogP contribution in [0.1, 0.15) is 18.5 Å². The zero-order valence-corrected chi connectivity index (χ0v) is 20.7. The Morgan fingerprint density at radius 1 is 1.21 bits per heavy atom. The predicted octanol–water partition coefficient (Wildman–Crippen LogP) is 1.32. The molecule has 5 N–H and O–H groups in total. The van der Waals surface area contributed by atoms with Crippen LogP contribution in [0.15, 0.2) is 24.8 Å². The van der Waals surface area contributed by atoms with Crippen LogP contribution in [0.4, 0.5) is 24.8 Å². The molecule has 1 fully saturated rings. The lowest BCUT2D eigenvalue weighted by Gasteiger charge is -2.43. The first kappa shape index (κ1) is 25.7. The third-order valence-electron chi connectivity index (χ3n) is 6.83. The van der Waals surface area contributed by atoms with Crippen molar-refractivity contribution in [3.05, 3.63) is 36.4 Å². The van der Waals surface area contributed by atoms with Crippen molar-refractivity contribution >= 4 is 22.8 Å². The number of pyridine rings is 1. The largest absolute Gasteiger partial charge is 0.492 e. The number of aliphatic hydroxyl groups is 1. The molecule has 0 aliphatic carbocycles. The maximum Gasteiger partial charge on any atom is 0.265 e. The number of methoxy groups -OCH3 is 1. The van der Waals surface area contributed by atoms with Gasteiger partial charge in [-0.25, -0.2) is 33.7 Å². The molecule has 202 valence electrons. The molecule has 0 bridgehead atoms. The average molecular weight is 533 g/mol. The smallest absolute Gasteiger partial charge is 0.265 e. The van der Waals surface area contributed by atoms with Crippen LogP contribution in [0.5, 0.6) is 5.75 Å². The van der Waals surface area contributed by atoms with E-state index in [9.17, 15) is 18.3 Å². The highest BCUT2D eigenvalue weighted by Gasteiger charge is 2.44. The summed E-state index contributed by atoms with van der Waals surface area (Å²) in [6, 6.07) is 3.02. The Morgan fingerprint density at radius 2 is 2.00 bits per heavy atom. The lowest BCUT2D eigenvalue weighted by atomic mass is 9.84. The minimum absolute atomic E-state index is 0.0181. The molecule has 4 aromatic rings. The number of ether oxygens (including phenoxy) is 1.